The Kier molecular flexibility index (Phi) is 18.6. The highest BCUT2D eigenvalue weighted by Crippen LogP contribution is 2.21. The number of unbranched alkanes of at least 4 members (excludes halogenated alkanes) is 1. The van der Waals surface area contributed by atoms with Crippen molar-refractivity contribution >= 4 is 5.91 Å². The summed E-state index contributed by atoms with van der Waals surface area (Å²) in [5, 5.41) is 9.06. The number of benzene rings is 1. The third-order valence-corrected chi connectivity index (χ3v) is 5.23. The monoisotopic (exact) mass is 512 g/mol. The van der Waals surface area contributed by atoms with Crippen LogP contribution in [-0.2, 0) is 9.63 Å². The number of ether oxygens (including phenoxy) is 1. The largest absolute Gasteiger partial charge is 0.487 e. The number of para-hydroxylation sites is 1. The van der Waals surface area contributed by atoms with Gasteiger partial charge in [-0.15, -0.1) is 10.1 Å². The van der Waals surface area contributed by atoms with Gasteiger partial charge in [-0.2, -0.15) is 8.78 Å². The van der Waals surface area contributed by atoms with Gasteiger partial charge in [-0.3, -0.25) is 4.79 Å². The van der Waals surface area contributed by atoms with Crippen LogP contribution >= 0.6 is 0 Å². The quantitative estimate of drug-likeness (QED) is 0.0984. The van der Waals surface area contributed by atoms with Gasteiger partial charge >= 0.3 is 0 Å². The van der Waals surface area contributed by atoms with Gasteiger partial charge in [-0.25, -0.2) is 0 Å². The number of halogens is 2. The Labute approximate surface area is 214 Å². The molecule has 0 aromatic heterocycles. The van der Waals surface area contributed by atoms with Gasteiger partial charge in [0.1, 0.15) is 5.75 Å². The van der Waals surface area contributed by atoms with E-state index in [1.165, 1.54) is 0 Å². The van der Waals surface area contributed by atoms with Crippen LogP contribution in [0.15, 0.2) is 54.6 Å². The first-order valence-corrected chi connectivity index (χ1v) is 12.5. The molecule has 1 unspecified atom stereocenters. The number of amides is 1. The Morgan fingerprint density at radius 2 is 1.92 bits per heavy atom. The summed E-state index contributed by atoms with van der Waals surface area (Å²) in [7, 11) is 1.70. The van der Waals surface area contributed by atoms with Crippen LogP contribution in [0.4, 0.5) is 8.78 Å². The van der Waals surface area contributed by atoms with Gasteiger partial charge in [0.05, 0.1) is 6.61 Å². The minimum atomic E-state index is -2.92. The second kappa shape index (κ2) is 20.2. The van der Waals surface area contributed by atoms with Crippen molar-refractivity contribution < 1.29 is 28.2 Å². The number of carbonyl (C=O) groups is 1. The van der Waals surface area contributed by atoms with Gasteiger partial charge in [-0.1, -0.05) is 56.7 Å². The number of alkyl halides is 2. The van der Waals surface area contributed by atoms with Gasteiger partial charge in [0, 0.05) is 20.0 Å². The van der Waals surface area contributed by atoms with Crippen molar-refractivity contribution in [3.63, 3.8) is 0 Å². The summed E-state index contributed by atoms with van der Waals surface area (Å²) >= 11 is 0. The molecule has 0 aliphatic rings. The molecule has 1 aromatic rings. The van der Waals surface area contributed by atoms with Crippen LogP contribution < -0.4 is 4.74 Å². The molecule has 0 aliphatic carbocycles. The highest BCUT2D eigenvalue weighted by Gasteiger charge is 2.26. The van der Waals surface area contributed by atoms with Crippen LogP contribution in [0.1, 0.15) is 65.7 Å². The van der Waals surface area contributed by atoms with Gasteiger partial charge < -0.3 is 14.5 Å². The maximum Gasteiger partial charge on any atom is 0.299 e. The Bertz CT molecular complexity index is 773. The van der Waals surface area contributed by atoms with Crippen molar-refractivity contribution in [1.29, 1.82) is 0 Å². The average molecular weight is 513 g/mol. The number of nitrogens with zero attached hydrogens (tertiary/aromatic N) is 2. The minimum absolute atomic E-state index is 0.0309. The summed E-state index contributed by atoms with van der Waals surface area (Å²) in [6.45, 7) is 5.93. The minimum Gasteiger partial charge on any atom is -0.487 e. The van der Waals surface area contributed by atoms with E-state index < -0.39 is 17.6 Å². The standard InChI is InChI=1S/C16H22F2O.C11H20N2O4/c1-3-8-14(4-2)11-12-16(17,18)13-19-15-9-6-5-7-10-15;1-3-4-5-6-8-11(14)12(2)9-7-10-17-13(15)16/h5-7,9-12,14H,3-4,8,13H2,1-2H3;3-4H,5-10H2,1-2H3/b12-11+;4-3-. The second-order valence-electron chi connectivity index (χ2n) is 8.37. The van der Waals surface area contributed by atoms with Crippen molar-refractivity contribution in [2.75, 3.05) is 26.8 Å². The molecule has 0 spiro atoms. The highest BCUT2D eigenvalue weighted by atomic mass is 19.3. The lowest BCUT2D eigenvalue weighted by Gasteiger charge is -2.16. The van der Waals surface area contributed by atoms with E-state index >= 15 is 0 Å². The molecule has 0 radical (unpaired) electrons. The van der Waals surface area contributed by atoms with Gasteiger partial charge in [0.2, 0.25) is 5.91 Å². The predicted molar refractivity (Wildman–Crippen MR) is 139 cm³/mol. The van der Waals surface area contributed by atoms with Crippen molar-refractivity contribution in [2.24, 2.45) is 5.92 Å². The van der Waals surface area contributed by atoms with Crippen LogP contribution in [0.25, 0.3) is 0 Å². The molecular formula is C27H42F2N2O5. The lowest BCUT2D eigenvalue weighted by atomic mass is 10.00. The van der Waals surface area contributed by atoms with Crippen LogP contribution in [0.2, 0.25) is 0 Å². The first-order valence-electron chi connectivity index (χ1n) is 12.5. The summed E-state index contributed by atoms with van der Waals surface area (Å²) in [5.41, 5.74) is 0. The molecular weight excluding hydrogens is 470 g/mol. The number of rotatable bonds is 17. The zero-order chi connectivity index (χ0) is 27.2. The molecule has 0 fully saturated rings. The zero-order valence-electron chi connectivity index (χ0n) is 22.0. The molecule has 0 saturated heterocycles. The first-order chi connectivity index (χ1) is 17.1. The summed E-state index contributed by atoms with van der Waals surface area (Å²) < 4.78 is 32.4. The lowest BCUT2D eigenvalue weighted by molar-refractivity contribution is -0.757. The topological polar surface area (TPSA) is 81.9 Å². The van der Waals surface area contributed by atoms with Crippen LogP contribution in [0, 0.1) is 16.0 Å². The Morgan fingerprint density at radius 3 is 2.50 bits per heavy atom. The maximum absolute atomic E-state index is 13.6. The lowest BCUT2D eigenvalue weighted by Crippen LogP contribution is -2.28. The van der Waals surface area contributed by atoms with Crippen molar-refractivity contribution in [3.8, 4) is 5.75 Å². The van der Waals surface area contributed by atoms with Crippen molar-refractivity contribution in [3.05, 3.63) is 64.8 Å². The molecule has 0 saturated carbocycles. The van der Waals surface area contributed by atoms with E-state index in [2.05, 4.69) is 11.8 Å². The molecule has 0 N–H and O–H groups in total. The second-order valence-corrected chi connectivity index (χ2v) is 8.37. The Balaban J connectivity index is 0.000000686. The molecule has 36 heavy (non-hydrogen) atoms. The molecule has 1 amide bonds. The highest BCUT2D eigenvalue weighted by molar-refractivity contribution is 5.75. The average Bonchev–Trinajstić information content (AvgIpc) is 2.86. The van der Waals surface area contributed by atoms with E-state index in [1.807, 2.05) is 32.1 Å². The number of carbonyl (C=O) groups excluding carboxylic acids is 1. The van der Waals surface area contributed by atoms with E-state index in [0.29, 0.717) is 25.1 Å². The van der Waals surface area contributed by atoms with Crippen LogP contribution in [0.5, 0.6) is 5.75 Å². The molecule has 204 valence electrons. The fourth-order valence-electron chi connectivity index (χ4n) is 3.12. The van der Waals surface area contributed by atoms with Gasteiger partial charge in [-0.05, 0) is 63.2 Å². The summed E-state index contributed by atoms with van der Waals surface area (Å²) in [5.74, 6) is -2.16. The van der Waals surface area contributed by atoms with E-state index in [0.717, 1.165) is 38.2 Å². The molecule has 0 heterocycles. The van der Waals surface area contributed by atoms with E-state index in [9.17, 15) is 23.7 Å². The third-order valence-electron chi connectivity index (χ3n) is 5.23. The van der Waals surface area contributed by atoms with Gasteiger partial charge in [0.15, 0.2) is 6.61 Å². The van der Waals surface area contributed by atoms with Gasteiger partial charge in [0.25, 0.3) is 11.0 Å². The zero-order valence-corrected chi connectivity index (χ0v) is 22.0. The molecule has 1 rings (SSSR count). The van der Waals surface area contributed by atoms with Crippen LogP contribution in [0.3, 0.4) is 0 Å². The summed E-state index contributed by atoms with van der Waals surface area (Å²) in [6.07, 6.45) is 12.2. The van der Waals surface area contributed by atoms with Crippen molar-refractivity contribution in [2.45, 2.75) is 71.6 Å². The molecule has 0 bridgehead atoms. The molecule has 9 heteroatoms. The maximum atomic E-state index is 13.6. The number of allylic oxidation sites excluding steroid dienone is 3. The normalized spacial score (nSPS) is 12.2. The summed E-state index contributed by atoms with van der Waals surface area (Å²) in [6, 6.07) is 8.69. The first kappa shape index (κ1) is 33.0. The smallest absolute Gasteiger partial charge is 0.299 e. The van der Waals surface area contributed by atoms with E-state index in [-0.39, 0.29) is 18.4 Å². The Hall–Kier alpha value is -2.97. The SMILES string of the molecule is C/C=C\CCCC(=O)N(C)CCCO[N+](=O)[O-].CCCC(/C=C/C(F)(F)COc1ccccc1)CC. The van der Waals surface area contributed by atoms with E-state index in [4.69, 9.17) is 4.74 Å². The number of hydrogen-bond acceptors (Lipinski definition) is 5. The fraction of sp³-hybridized carbons (Fsp3) is 0.593. The van der Waals surface area contributed by atoms with Crippen LogP contribution in [-0.4, -0.2) is 48.6 Å². The summed E-state index contributed by atoms with van der Waals surface area (Å²) in [4.78, 5) is 27.2. The molecule has 1 aromatic carbocycles. The van der Waals surface area contributed by atoms with E-state index in [1.54, 1.807) is 42.3 Å². The molecule has 7 nitrogen and oxygen atoms in total. The fourth-order valence-corrected chi connectivity index (χ4v) is 3.12. The molecule has 1 atom stereocenters. The van der Waals surface area contributed by atoms with Crippen molar-refractivity contribution in [1.82, 2.24) is 4.90 Å². The third kappa shape index (κ3) is 18.4. The Morgan fingerprint density at radius 1 is 1.22 bits per heavy atom. The number of hydrogen-bond donors (Lipinski definition) is 0. The molecule has 0 aliphatic heterocycles. The predicted octanol–water partition coefficient (Wildman–Crippen LogP) is 6.87.